The van der Waals surface area contributed by atoms with Crippen LogP contribution in [0.5, 0.6) is 0 Å². The standard InChI is InChI=1S/C26H25NO4/c1-26(2,17-10-4-3-5-11-17)23(24(28)29)27-25(30)31-16-22-20-14-8-6-12-18(20)19-13-7-9-15-21(19)22/h3-15,22-23H,16H2,1-2H3,(H,27,30)(H,28,29). The Morgan fingerprint density at radius 1 is 0.903 bits per heavy atom. The van der Waals surface area contributed by atoms with Crippen molar-refractivity contribution < 1.29 is 19.4 Å². The Morgan fingerprint density at radius 2 is 1.42 bits per heavy atom. The summed E-state index contributed by atoms with van der Waals surface area (Å²) in [7, 11) is 0. The first-order chi connectivity index (χ1) is 14.9. The number of carboxylic acids is 1. The summed E-state index contributed by atoms with van der Waals surface area (Å²) in [6, 6.07) is 24.3. The van der Waals surface area contributed by atoms with Gasteiger partial charge in [0.1, 0.15) is 12.6 Å². The minimum atomic E-state index is -1.13. The zero-order valence-corrected chi connectivity index (χ0v) is 17.5. The van der Waals surface area contributed by atoms with Gasteiger partial charge in [-0.25, -0.2) is 9.59 Å². The average molecular weight is 415 g/mol. The lowest BCUT2D eigenvalue weighted by Gasteiger charge is -2.32. The van der Waals surface area contributed by atoms with Crippen molar-refractivity contribution in [2.24, 2.45) is 0 Å². The number of carboxylic acid groups (broad SMARTS) is 1. The molecule has 5 heteroatoms. The zero-order valence-electron chi connectivity index (χ0n) is 17.5. The largest absolute Gasteiger partial charge is 0.480 e. The molecule has 0 radical (unpaired) electrons. The van der Waals surface area contributed by atoms with E-state index in [2.05, 4.69) is 17.4 Å². The van der Waals surface area contributed by atoms with E-state index in [4.69, 9.17) is 4.74 Å². The van der Waals surface area contributed by atoms with E-state index in [-0.39, 0.29) is 12.5 Å². The van der Waals surface area contributed by atoms with Crippen molar-refractivity contribution >= 4 is 12.1 Å². The first-order valence-corrected chi connectivity index (χ1v) is 10.3. The number of carbonyl (C=O) groups is 2. The molecule has 3 aromatic carbocycles. The van der Waals surface area contributed by atoms with Crippen molar-refractivity contribution in [2.45, 2.75) is 31.2 Å². The van der Waals surface area contributed by atoms with Crippen LogP contribution in [0.25, 0.3) is 11.1 Å². The van der Waals surface area contributed by atoms with Crippen molar-refractivity contribution in [3.05, 3.63) is 95.6 Å². The zero-order chi connectivity index (χ0) is 22.0. The maximum atomic E-state index is 12.6. The number of rotatable bonds is 6. The molecule has 1 unspecified atom stereocenters. The van der Waals surface area contributed by atoms with E-state index in [1.54, 1.807) is 13.8 Å². The van der Waals surface area contributed by atoms with Crippen LogP contribution in [-0.4, -0.2) is 29.8 Å². The number of hydrogen-bond donors (Lipinski definition) is 2. The van der Waals surface area contributed by atoms with Crippen LogP contribution in [0.15, 0.2) is 78.9 Å². The van der Waals surface area contributed by atoms with E-state index in [1.165, 1.54) is 0 Å². The highest BCUT2D eigenvalue weighted by atomic mass is 16.5. The molecular formula is C26H25NO4. The number of carbonyl (C=O) groups excluding carboxylic acids is 1. The summed E-state index contributed by atoms with van der Waals surface area (Å²) in [5.41, 5.74) is 4.49. The lowest BCUT2D eigenvalue weighted by molar-refractivity contribution is -0.141. The topological polar surface area (TPSA) is 75.6 Å². The molecule has 158 valence electrons. The molecule has 0 saturated carbocycles. The molecule has 0 aliphatic heterocycles. The van der Waals surface area contributed by atoms with E-state index in [9.17, 15) is 14.7 Å². The number of benzene rings is 3. The van der Waals surface area contributed by atoms with E-state index in [0.717, 1.165) is 27.8 Å². The second-order valence-electron chi connectivity index (χ2n) is 8.33. The van der Waals surface area contributed by atoms with Crippen molar-refractivity contribution in [3.63, 3.8) is 0 Å². The lowest BCUT2D eigenvalue weighted by atomic mass is 9.77. The Kier molecular flexibility index (Phi) is 5.51. The third kappa shape index (κ3) is 3.91. The predicted molar refractivity (Wildman–Crippen MR) is 119 cm³/mol. The second-order valence-corrected chi connectivity index (χ2v) is 8.33. The molecular weight excluding hydrogens is 390 g/mol. The summed E-state index contributed by atoms with van der Waals surface area (Å²) in [6.45, 7) is 3.73. The van der Waals surface area contributed by atoms with Crippen molar-refractivity contribution in [1.82, 2.24) is 5.32 Å². The van der Waals surface area contributed by atoms with Gasteiger partial charge in [0.25, 0.3) is 0 Å². The minimum Gasteiger partial charge on any atom is -0.480 e. The van der Waals surface area contributed by atoms with Gasteiger partial charge in [0, 0.05) is 11.3 Å². The fraction of sp³-hybridized carbons (Fsp3) is 0.231. The van der Waals surface area contributed by atoms with E-state index in [0.29, 0.717) is 0 Å². The number of hydrogen-bond acceptors (Lipinski definition) is 3. The number of fused-ring (bicyclic) bond motifs is 3. The van der Waals surface area contributed by atoms with Gasteiger partial charge >= 0.3 is 12.1 Å². The maximum absolute atomic E-state index is 12.6. The molecule has 0 fully saturated rings. The van der Waals surface area contributed by atoms with Crippen LogP contribution in [0.1, 0.15) is 36.5 Å². The van der Waals surface area contributed by atoms with Gasteiger partial charge in [0.15, 0.2) is 0 Å². The third-order valence-electron chi connectivity index (χ3n) is 6.09. The molecule has 5 nitrogen and oxygen atoms in total. The average Bonchev–Trinajstić information content (AvgIpc) is 3.10. The fourth-order valence-electron chi connectivity index (χ4n) is 4.34. The highest BCUT2D eigenvalue weighted by Crippen LogP contribution is 2.44. The van der Waals surface area contributed by atoms with E-state index in [1.807, 2.05) is 66.7 Å². The molecule has 3 aromatic rings. The van der Waals surface area contributed by atoms with Crippen LogP contribution in [0.4, 0.5) is 4.79 Å². The van der Waals surface area contributed by atoms with E-state index < -0.39 is 23.5 Å². The summed E-state index contributed by atoms with van der Waals surface area (Å²) in [6.07, 6.45) is -0.738. The predicted octanol–water partition coefficient (Wildman–Crippen LogP) is 4.96. The Hall–Kier alpha value is -3.60. The van der Waals surface area contributed by atoms with Crippen LogP contribution in [0, 0.1) is 0 Å². The number of alkyl carbamates (subject to hydrolysis) is 1. The second kappa shape index (κ2) is 8.26. The molecule has 2 N–H and O–H groups in total. The van der Waals surface area contributed by atoms with Gasteiger partial charge in [0.2, 0.25) is 0 Å². The molecule has 0 heterocycles. The summed E-state index contributed by atoms with van der Waals surface area (Å²) in [5, 5.41) is 12.4. The lowest BCUT2D eigenvalue weighted by Crippen LogP contribution is -2.52. The van der Waals surface area contributed by atoms with Crippen LogP contribution < -0.4 is 5.32 Å². The van der Waals surface area contributed by atoms with Gasteiger partial charge in [-0.3, -0.25) is 0 Å². The molecule has 0 aromatic heterocycles. The molecule has 4 rings (SSSR count). The van der Waals surface area contributed by atoms with Crippen LogP contribution in [0.2, 0.25) is 0 Å². The fourth-order valence-corrected chi connectivity index (χ4v) is 4.34. The van der Waals surface area contributed by atoms with Gasteiger partial charge in [-0.1, -0.05) is 92.7 Å². The maximum Gasteiger partial charge on any atom is 0.407 e. The van der Waals surface area contributed by atoms with Crippen molar-refractivity contribution in [3.8, 4) is 11.1 Å². The quantitative estimate of drug-likeness (QED) is 0.597. The Labute approximate surface area is 181 Å². The molecule has 1 aliphatic carbocycles. The normalized spacial score (nSPS) is 13.7. The Morgan fingerprint density at radius 3 is 1.97 bits per heavy atom. The first kappa shape index (κ1) is 20.7. The summed E-state index contributed by atoms with van der Waals surface area (Å²) >= 11 is 0. The van der Waals surface area contributed by atoms with Crippen LogP contribution in [0.3, 0.4) is 0 Å². The van der Waals surface area contributed by atoms with Gasteiger partial charge in [-0.2, -0.15) is 0 Å². The monoisotopic (exact) mass is 415 g/mol. The number of nitrogens with one attached hydrogen (secondary N) is 1. The first-order valence-electron chi connectivity index (χ1n) is 10.3. The molecule has 0 spiro atoms. The van der Waals surface area contributed by atoms with Gasteiger partial charge in [-0.15, -0.1) is 0 Å². The molecule has 0 bridgehead atoms. The number of amides is 1. The SMILES string of the molecule is CC(C)(c1ccccc1)C(NC(=O)OCC1c2ccccc2-c2ccccc21)C(=O)O. The highest BCUT2D eigenvalue weighted by molar-refractivity contribution is 5.82. The smallest absolute Gasteiger partial charge is 0.407 e. The molecule has 0 saturated heterocycles. The molecule has 1 aliphatic rings. The minimum absolute atomic E-state index is 0.0800. The third-order valence-corrected chi connectivity index (χ3v) is 6.09. The highest BCUT2D eigenvalue weighted by Gasteiger charge is 2.38. The Balaban J connectivity index is 1.49. The Bertz CT molecular complexity index is 1060. The van der Waals surface area contributed by atoms with Crippen molar-refractivity contribution in [1.29, 1.82) is 0 Å². The van der Waals surface area contributed by atoms with Gasteiger partial charge < -0.3 is 15.2 Å². The van der Waals surface area contributed by atoms with Gasteiger partial charge in [-0.05, 0) is 27.8 Å². The molecule has 31 heavy (non-hydrogen) atoms. The van der Waals surface area contributed by atoms with Crippen LogP contribution in [-0.2, 0) is 14.9 Å². The van der Waals surface area contributed by atoms with E-state index >= 15 is 0 Å². The van der Waals surface area contributed by atoms with Crippen molar-refractivity contribution in [2.75, 3.05) is 6.61 Å². The number of ether oxygens (including phenoxy) is 1. The molecule has 1 amide bonds. The summed E-state index contributed by atoms with van der Waals surface area (Å²) in [5.74, 6) is -1.19. The summed E-state index contributed by atoms with van der Waals surface area (Å²) < 4.78 is 5.54. The number of aliphatic carboxylic acids is 1. The molecule has 1 atom stereocenters. The summed E-state index contributed by atoms with van der Waals surface area (Å²) in [4.78, 5) is 24.6. The van der Waals surface area contributed by atoms with Gasteiger partial charge in [0.05, 0.1) is 0 Å². The van der Waals surface area contributed by atoms with Crippen LogP contribution >= 0.6 is 0 Å².